The van der Waals surface area contributed by atoms with Crippen LogP contribution in [0.3, 0.4) is 0 Å². The van der Waals surface area contributed by atoms with E-state index >= 15 is 0 Å². The van der Waals surface area contributed by atoms with Crippen LogP contribution in [0.5, 0.6) is 0 Å². The number of nitrogens with zero attached hydrogens (tertiary/aromatic N) is 2. The summed E-state index contributed by atoms with van der Waals surface area (Å²) < 4.78 is 0. The van der Waals surface area contributed by atoms with Gasteiger partial charge in [0, 0.05) is 16.5 Å². The van der Waals surface area contributed by atoms with Gasteiger partial charge in [-0.25, -0.2) is 9.97 Å². The summed E-state index contributed by atoms with van der Waals surface area (Å²) in [5.74, 6) is -0.146. The van der Waals surface area contributed by atoms with Gasteiger partial charge >= 0.3 is 0 Å². The molecule has 0 aliphatic rings. The van der Waals surface area contributed by atoms with Gasteiger partial charge in [-0.1, -0.05) is 6.92 Å². The van der Waals surface area contributed by atoms with Crippen LogP contribution in [-0.2, 0) is 6.42 Å². The maximum Gasteiger partial charge on any atom is 0.271 e. The lowest BCUT2D eigenvalue weighted by molar-refractivity contribution is 0.0935. The van der Waals surface area contributed by atoms with Crippen LogP contribution in [0, 0.1) is 0 Å². The fraction of sp³-hybridized carbons (Fsp3) is 0.364. The highest BCUT2D eigenvalue weighted by Crippen LogP contribution is 2.20. The second-order valence-corrected chi connectivity index (χ2v) is 5.45. The van der Waals surface area contributed by atoms with Crippen molar-refractivity contribution < 1.29 is 4.79 Å². The summed E-state index contributed by atoms with van der Waals surface area (Å²) in [7, 11) is 0. The highest BCUT2D eigenvalue weighted by Gasteiger charge is 2.15. The molecular formula is C11H13N3OS2. The number of amides is 1. The van der Waals surface area contributed by atoms with Crippen LogP contribution in [0.4, 0.5) is 0 Å². The molecule has 0 aliphatic heterocycles. The smallest absolute Gasteiger partial charge is 0.271 e. The van der Waals surface area contributed by atoms with E-state index in [1.807, 2.05) is 13.1 Å². The first-order chi connectivity index (χ1) is 8.20. The van der Waals surface area contributed by atoms with E-state index in [1.54, 1.807) is 22.2 Å². The molecule has 2 heterocycles. The monoisotopic (exact) mass is 267 g/mol. The van der Waals surface area contributed by atoms with Gasteiger partial charge in [-0.05, 0) is 13.3 Å². The Kier molecular flexibility index (Phi) is 3.86. The van der Waals surface area contributed by atoms with Gasteiger partial charge in [0.25, 0.3) is 5.91 Å². The predicted molar refractivity (Wildman–Crippen MR) is 69.5 cm³/mol. The molecule has 0 aliphatic carbocycles. The van der Waals surface area contributed by atoms with E-state index in [0.29, 0.717) is 5.69 Å². The van der Waals surface area contributed by atoms with Crippen LogP contribution in [0.2, 0.25) is 0 Å². The molecule has 0 spiro atoms. The molecule has 17 heavy (non-hydrogen) atoms. The molecule has 1 unspecified atom stereocenters. The lowest BCUT2D eigenvalue weighted by atomic mass is 10.3. The highest BCUT2D eigenvalue weighted by atomic mass is 32.1. The van der Waals surface area contributed by atoms with Gasteiger partial charge in [0.1, 0.15) is 10.7 Å². The number of thiazole rings is 2. The Morgan fingerprint density at radius 1 is 1.53 bits per heavy atom. The lowest BCUT2D eigenvalue weighted by Gasteiger charge is -2.09. The number of aromatic nitrogens is 2. The summed E-state index contributed by atoms with van der Waals surface area (Å²) >= 11 is 3.05. The summed E-state index contributed by atoms with van der Waals surface area (Å²) in [6.45, 7) is 4.03. The normalized spacial score (nSPS) is 12.4. The van der Waals surface area contributed by atoms with Crippen molar-refractivity contribution in [3.8, 4) is 0 Å². The molecule has 0 saturated heterocycles. The van der Waals surface area contributed by atoms with Gasteiger partial charge in [0.2, 0.25) is 0 Å². The molecule has 1 amide bonds. The number of hydrogen-bond donors (Lipinski definition) is 1. The minimum atomic E-state index is -0.146. The summed E-state index contributed by atoms with van der Waals surface area (Å²) in [5, 5.41) is 5.56. The Bertz CT molecular complexity index is 493. The first-order valence-corrected chi connectivity index (χ1v) is 7.10. The van der Waals surface area contributed by atoms with Crippen LogP contribution >= 0.6 is 22.7 Å². The highest BCUT2D eigenvalue weighted by molar-refractivity contribution is 7.11. The molecule has 0 aromatic carbocycles. The first-order valence-electron chi connectivity index (χ1n) is 5.34. The number of rotatable bonds is 4. The zero-order chi connectivity index (χ0) is 12.3. The summed E-state index contributed by atoms with van der Waals surface area (Å²) in [5.41, 5.74) is 2.12. The number of carbonyl (C=O) groups excluding carboxylic acids is 1. The zero-order valence-electron chi connectivity index (χ0n) is 9.64. The maximum absolute atomic E-state index is 11.8. The summed E-state index contributed by atoms with van der Waals surface area (Å²) in [6, 6.07) is -0.0745. The fourth-order valence-corrected chi connectivity index (χ4v) is 2.73. The molecule has 0 radical (unpaired) electrons. The van der Waals surface area contributed by atoms with Crippen LogP contribution in [-0.4, -0.2) is 15.9 Å². The van der Waals surface area contributed by atoms with Crippen molar-refractivity contribution in [2.24, 2.45) is 0 Å². The molecular weight excluding hydrogens is 254 g/mol. The van der Waals surface area contributed by atoms with Crippen molar-refractivity contribution in [2.75, 3.05) is 0 Å². The topological polar surface area (TPSA) is 54.9 Å². The third-order valence-electron chi connectivity index (χ3n) is 2.30. The van der Waals surface area contributed by atoms with Crippen molar-refractivity contribution in [3.63, 3.8) is 0 Å². The van der Waals surface area contributed by atoms with Crippen molar-refractivity contribution in [3.05, 3.63) is 32.7 Å². The molecule has 6 heteroatoms. The van der Waals surface area contributed by atoms with E-state index in [1.165, 1.54) is 16.2 Å². The first kappa shape index (κ1) is 12.2. The van der Waals surface area contributed by atoms with Gasteiger partial charge in [-0.2, -0.15) is 0 Å². The average molecular weight is 267 g/mol. The van der Waals surface area contributed by atoms with Crippen LogP contribution < -0.4 is 5.32 Å². The number of aryl methyl sites for hydroxylation is 1. The third kappa shape index (κ3) is 2.89. The zero-order valence-corrected chi connectivity index (χ0v) is 11.3. The second kappa shape index (κ2) is 5.37. The van der Waals surface area contributed by atoms with E-state index in [4.69, 9.17) is 0 Å². The Morgan fingerprint density at radius 2 is 2.35 bits per heavy atom. The maximum atomic E-state index is 11.8. The number of hydrogen-bond acceptors (Lipinski definition) is 5. The Balaban J connectivity index is 2.01. The van der Waals surface area contributed by atoms with Crippen molar-refractivity contribution in [2.45, 2.75) is 26.3 Å². The molecule has 2 aromatic heterocycles. The molecule has 1 atom stereocenters. The molecule has 0 saturated carbocycles. The van der Waals surface area contributed by atoms with Gasteiger partial charge in [0.05, 0.1) is 11.6 Å². The number of carbonyl (C=O) groups is 1. The van der Waals surface area contributed by atoms with Gasteiger partial charge in [-0.15, -0.1) is 22.7 Å². The van der Waals surface area contributed by atoms with E-state index < -0.39 is 0 Å². The second-order valence-electron chi connectivity index (χ2n) is 3.59. The van der Waals surface area contributed by atoms with Crippen molar-refractivity contribution in [1.29, 1.82) is 0 Å². The van der Waals surface area contributed by atoms with Crippen LogP contribution in [0.1, 0.15) is 40.3 Å². The quantitative estimate of drug-likeness (QED) is 0.926. The van der Waals surface area contributed by atoms with E-state index in [-0.39, 0.29) is 11.9 Å². The third-order valence-corrected chi connectivity index (χ3v) is 4.21. The predicted octanol–water partition coefficient (Wildman–Crippen LogP) is 2.65. The van der Waals surface area contributed by atoms with Crippen LogP contribution in [0.15, 0.2) is 17.1 Å². The van der Waals surface area contributed by atoms with E-state index in [2.05, 4.69) is 22.2 Å². The van der Waals surface area contributed by atoms with Crippen LogP contribution in [0.25, 0.3) is 0 Å². The Labute approximate surface area is 108 Å². The average Bonchev–Trinajstić information content (AvgIpc) is 3.00. The van der Waals surface area contributed by atoms with Gasteiger partial charge in [0.15, 0.2) is 0 Å². The summed E-state index contributed by atoms with van der Waals surface area (Å²) in [6.07, 6.45) is 2.84. The lowest BCUT2D eigenvalue weighted by Crippen LogP contribution is -2.26. The molecule has 2 aromatic rings. The van der Waals surface area contributed by atoms with E-state index in [9.17, 15) is 4.79 Å². The Hall–Kier alpha value is -1.27. The standard InChI is InChI=1S/C11H13N3OS2/c1-3-8-4-12-11(17-8)7(2)14-10(15)9-5-16-6-13-9/h4-7H,3H2,1-2H3,(H,14,15). The summed E-state index contributed by atoms with van der Waals surface area (Å²) in [4.78, 5) is 21.3. The SMILES string of the molecule is CCc1cnc(C(C)NC(=O)c2cscn2)s1. The molecule has 90 valence electrons. The molecule has 1 N–H and O–H groups in total. The van der Waals surface area contributed by atoms with Gasteiger partial charge < -0.3 is 5.32 Å². The fourth-order valence-electron chi connectivity index (χ4n) is 1.34. The van der Waals surface area contributed by atoms with Crippen molar-refractivity contribution >= 4 is 28.6 Å². The minimum Gasteiger partial charge on any atom is -0.342 e. The van der Waals surface area contributed by atoms with Crippen molar-refractivity contribution in [1.82, 2.24) is 15.3 Å². The molecule has 4 nitrogen and oxygen atoms in total. The minimum absolute atomic E-state index is 0.0745. The largest absolute Gasteiger partial charge is 0.342 e. The molecule has 2 rings (SSSR count). The van der Waals surface area contributed by atoms with Gasteiger partial charge in [-0.3, -0.25) is 4.79 Å². The molecule has 0 bridgehead atoms. The number of nitrogens with one attached hydrogen (secondary N) is 1. The van der Waals surface area contributed by atoms with E-state index in [0.717, 1.165) is 11.4 Å². The molecule has 0 fully saturated rings. The Morgan fingerprint density at radius 3 is 2.94 bits per heavy atom.